The van der Waals surface area contributed by atoms with Crippen LogP contribution in [0.5, 0.6) is 5.75 Å². The second-order valence-corrected chi connectivity index (χ2v) is 5.46. The summed E-state index contributed by atoms with van der Waals surface area (Å²) in [6.07, 6.45) is 3.49. The number of rotatable bonds is 6. The van der Waals surface area contributed by atoms with Crippen LogP contribution in [0.3, 0.4) is 0 Å². The number of carbonyl (C=O) groups is 1. The van der Waals surface area contributed by atoms with E-state index >= 15 is 0 Å². The Balaban J connectivity index is 1.72. The SMILES string of the molecule is CN(Oc1ccccc1)C(=O)c1ccccc1NCc1ccncc1. The van der Waals surface area contributed by atoms with Gasteiger partial charge in [0.1, 0.15) is 0 Å². The number of carbonyl (C=O) groups excluding carboxylic acids is 1. The van der Waals surface area contributed by atoms with Gasteiger partial charge < -0.3 is 10.2 Å². The Morgan fingerprint density at radius 3 is 2.44 bits per heavy atom. The number of nitrogens with one attached hydrogen (secondary N) is 1. The molecule has 5 heteroatoms. The van der Waals surface area contributed by atoms with Gasteiger partial charge in [0.25, 0.3) is 5.91 Å². The van der Waals surface area contributed by atoms with Crippen molar-refractivity contribution >= 4 is 11.6 Å². The summed E-state index contributed by atoms with van der Waals surface area (Å²) in [5.41, 5.74) is 2.40. The summed E-state index contributed by atoms with van der Waals surface area (Å²) < 4.78 is 0. The molecule has 0 aliphatic rings. The first-order chi connectivity index (χ1) is 12.2. The van der Waals surface area contributed by atoms with Gasteiger partial charge in [0.05, 0.1) is 5.56 Å². The minimum atomic E-state index is -0.221. The molecule has 5 nitrogen and oxygen atoms in total. The number of anilines is 1. The van der Waals surface area contributed by atoms with Crippen LogP contribution in [0.25, 0.3) is 0 Å². The molecule has 1 amide bonds. The fraction of sp³-hybridized carbons (Fsp3) is 0.100. The Morgan fingerprint density at radius 2 is 1.68 bits per heavy atom. The van der Waals surface area contributed by atoms with E-state index in [-0.39, 0.29) is 5.91 Å². The first kappa shape index (κ1) is 16.5. The molecule has 0 bridgehead atoms. The van der Waals surface area contributed by atoms with Crippen molar-refractivity contribution in [2.75, 3.05) is 12.4 Å². The van der Waals surface area contributed by atoms with Crippen LogP contribution in [0.4, 0.5) is 5.69 Å². The highest BCUT2D eigenvalue weighted by molar-refractivity contribution is 5.99. The lowest BCUT2D eigenvalue weighted by molar-refractivity contribution is -0.0137. The van der Waals surface area contributed by atoms with Gasteiger partial charge in [-0.1, -0.05) is 30.3 Å². The van der Waals surface area contributed by atoms with Crippen LogP contribution in [-0.4, -0.2) is 23.0 Å². The summed E-state index contributed by atoms with van der Waals surface area (Å²) in [7, 11) is 1.61. The van der Waals surface area contributed by atoms with Crippen molar-refractivity contribution < 1.29 is 9.63 Å². The minimum Gasteiger partial charge on any atom is -0.380 e. The lowest BCUT2D eigenvalue weighted by Crippen LogP contribution is -2.30. The highest BCUT2D eigenvalue weighted by Gasteiger charge is 2.17. The summed E-state index contributed by atoms with van der Waals surface area (Å²) in [6.45, 7) is 0.607. The molecule has 126 valence electrons. The van der Waals surface area contributed by atoms with Gasteiger partial charge in [-0.15, -0.1) is 0 Å². The molecule has 0 aliphatic heterocycles. The summed E-state index contributed by atoms with van der Waals surface area (Å²) in [6, 6.07) is 20.5. The molecule has 0 saturated carbocycles. The van der Waals surface area contributed by atoms with Gasteiger partial charge in [0.15, 0.2) is 5.75 Å². The Morgan fingerprint density at radius 1 is 1.00 bits per heavy atom. The van der Waals surface area contributed by atoms with E-state index in [0.717, 1.165) is 11.3 Å². The average molecular weight is 333 g/mol. The molecule has 2 aromatic carbocycles. The second-order valence-electron chi connectivity index (χ2n) is 5.46. The van der Waals surface area contributed by atoms with E-state index in [1.54, 1.807) is 37.6 Å². The van der Waals surface area contributed by atoms with Crippen LogP contribution in [0.2, 0.25) is 0 Å². The first-order valence-corrected chi connectivity index (χ1v) is 7.97. The minimum absolute atomic E-state index is 0.221. The lowest BCUT2D eigenvalue weighted by Gasteiger charge is -2.19. The third-order valence-corrected chi connectivity index (χ3v) is 3.66. The molecule has 0 fully saturated rings. The highest BCUT2D eigenvalue weighted by Crippen LogP contribution is 2.19. The number of hydrogen-bond acceptors (Lipinski definition) is 4. The number of benzene rings is 2. The van der Waals surface area contributed by atoms with Crippen molar-refractivity contribution in [3.63, 3.8) is 0 Å². The number of para-hydroxylation sites is 2. The van der Waals surface area contributed by atoms with Crippen molar-refractivity contribution in [1.29, 1.82) is 0 Å². The van der Waals surface area contributed by atoms with Crippen LogP contribution in [0.1, 0.15) is 15.9 Å². The first-order valence-electron chi connectivity index (χ1n) is 7.97. The zero-order valence-electron chi connectivity index (χ0n) is 13.9. The topological polar surface area (TPSA) is 54.5 Å². The van der Waals surface area contributed by atoms with Crippen molar-refractivity contribution in [2.45, 2.75) is 6.54 Å². The Hall–Kier alpha value is -3.34. The van der Waals surface area contributed by atoms with Gasteiger partial charge in [0, 0.05) is 31.7 Å². The Kier molecular flexibility index (Phi) is 5.26. The van der Waals surface area contributed by atoms with E-state index in [2.05, 4.69) is 10.3 Å². The summed E-state index contributed by atoms with van der Waals surface area (Å²) in [5, 5.41) is 4.54. The number of pyridine rings is 1. The molecule has 0 spiro atoms. The van der Waals surface area contributed by atoms with Gasteiger partial charge in [-0.2, -0.15) is 5.06 Å². The van der Waals surface area contributed by atoms with Crippen LogP contribution in [-0.2, 0) is 6.54 Å². The smallest absolute Gasteiger partial charge is 0.288 e. The van der Waals surface area contributed by atoms with Crippen LogP contribution >= 0.6 is 0 Å². The van der Waals surface area contributed by atoms with Gasteiger partial charge in [-0.05, 0) is 42.0 Å². The van der Waals surface area contributed by atoms with Gasteiger partial charge in [-0.3, -0.25) is 9.78 Å². The van der Waals surface area contributed by atoms with Crippen LogP contribution in [0, 0.1) is 0 Å². The van der Waals surface area contributed by atoms with E-state index in [9.17, 15) is 4.79 Å². The summed E-state index contributed by atoms with van der Waals surface area (Å²) >= 11 is 0. The van der Waals surface area contributed by atoms with Crippen molar-refractivity contribution in [3.05, 3.63) is 90.3 Å². The fourth-order valence-corrected chi connectivity index (χ4v) is 2.37. The zero-order chi connectivity index (χ0) is 17.5. The van der Waals surface area contributed by atoms with Crippen molar-refractivity contribution in [2.24, 2.45) is 0 Å². The third kappa shape index (κ3) is 4.35. The lowest BCUT2D eigenvalue weighted by atomic mass is 10.1. The summed E-state index contributed by atoms with van der Waals surface area (Å²) in [4.78, 5) is 22.3. The molecule has 0 radical (unpaired) electrons. The molecule has 3 aromatic rings. The largest absolute Gasteiger partial charge is 0.380 e. The second kappa shape index (κ2) is 7.97. The normalized spacial score (nSPS) is 10.1. The molecule has 1 heterocycles. The molecule has 0 atom stereocenters. The molecular weight excluding hydrogens is 314 g/mol. The maximum atomic E-state index is 12.7. The Labute approximate surface area is 146 Å². The predicted molar refractivity (Wildman–Crippen MR) is 97.2 cm³/mol. The number of amides is 1. The highest BCUT2D eigenvalue weighted by atomic mass is 16.7. The quantitative estimate of drug-likeness (QED) is 0.698. The molecule has 3 rings (SSSR count). The molecule has 0 unspecified atom stereocenters. The van der Waals surface area contributed by atoms with Gasteiger partial charge in [-0.25, -0.2) is 0 Å². The maximum absolute atomic E-state index is 12.7. The monoisotopic (exact) mass is 333 g/mol. The average Bonchev–Trinajstić information content (AvgIpc) is 2.67. The third-order valence-electron chi connectivity index (χ3n) is 3.66. The number of hydroxylamine groups is 2. The van der Waals surface area contributed by atoms with E-state index in [1.807, 2.05) is 48.5 Å². The molecule has 25 heavy (non-hydrogen) atoms. The van der Waals surface area contributed by atoms with Crippen LogP contribution < -0.4 is 10.2 Å². The van der Waals surface area contributed by atoms with E-state index in [1.165, 1.54) is 5.06 Å². The van der Waals surface area contributed by atoms with Crippen molar-refractivity contribution in [3.8, 4) is 5.75 Å². The summed E-state index contributed by atoms with van der Waals surface area (Å²) in [5.74, 6) is 0.391. The Bertz CT molecular complexity index is 823. The predicted octanol–water partition coefficient (Wildman–Crippen LogP) is 3.76. The number of nitrogens with zero attached hydrogens (tertiary/aromatic N) is 2. The standard InChI is InChI=1S/C20H19N3O2/c1-23(25-17-7-3-2-4-8-17)20(24)18-9-5-6-10-19(18)22-15-16-11-13-21-14-12-16/h2-14,22H,15H2,1H3. The van der Waals surface area contributed by atoms with E-state index in [4.69, 9.17) is 4.84 Å². The van der Waals surface area contributed by atoms with Crippen molar-refractivity contribution in [1.82, 2.24) is 10.0 Å². The number of hydrogen-bond donors (Lipinski definition) is 1. The zero-order valence-corrected chi connectivity index (χ0v) is 13.9. The van der Waals surface area contributed by atoms with E-state index in [0.29, 0.717) is 17.9 Å². The molecule has 0 saturated heterocycles. The molecular formula is C20H19N3O2. The fourth-order valence-electron chi connectivity index (χ4n) is 2.37. The molecule has 1 N–H and O–H groups in total. The van der Waals surface area contributed by atoms with Gasteiger partial charge >= 0.3 is 0 Å². The molecule has 1 aromatic heterocycles. The van der Waals surface area contributed by atoms with Crippen LogP contribution in [0.15, 0.2) is 79.1 Å². The number of aromatic nitrogens is 1. The van der Waals surface area contributed by atoms with E-state index < -0.39 is 0 Å². The van der Waals surface area contributed by atoms with Gasteiger partial charge in [0.2, 0.25) is 0 Å². The maximum Gasteiger partial charge on any atom is 0.288 e. The molecule has 0 aliphatic carbocycles.